The number of hydrogen-bond acceptors (Lipinski definition) is 6. The van der Waals surface area contributed by atoms with Gasteiger partial charge in [-0.1, -0.05) is 0 Å². The Hall–Kier alpha value is -1.18. The van der Waals surface area contributed by atoms with Crippen LogP contribution in [-0.4, -0.2) is 35.3 Å². The van der Waals surface area contributed by atoms with E-state index in [0.29, 0.717) is 23.0 Å². The van der Waals surface area contributed by atoms with Crippen LogP contribution in [0.15, 0.2) is 6.07 Å². The van der Waals surface area contributed by atoms with Gasteiger partial charge in [-0.25, -0.2) is 0 Å². The minimum absolute atomic E-state index is 0.110. The Bertz CT molecular complexity index is 516. The number of thiophene rings is 1. The summed E-state index contributed by atoms with van der Waals surface area (Å²) >= 11 is 1.33. The highest BCUT2D eigenvalue weighted by Crippen LogP contribution is 2.44. The van der Waals surface area contributed by atoms with Crippen molar-refractivity contribution in [2.45, 2.75) is 44.4 Å². The van der Waals surface area contributed by atoms with E-state index in [0.717, 1.165) is 19.3 Å². The number of anilines is 1. The monoisotopic (exact) mass is 298 g/mol. The molecular formula is C13H18N2O4S. The average molecular weight is 298 g/mol. The molecule has 20 heavy (non-hydrogen) atoms. The predicted octanol–water partition coefficient (Wildman–Crippen LogP) is 2.47. The van der Waals surface area contributed by atoms with Gasteiger partial charge >= 0.3 is 5.69 Å². The lowest BCUT2D eigenvalue weighted by Crippen LogP contribution is -2.48. The summed E-state index contributed by atoms with van der Waals surface area (Å²) in [6, 6.07) is 1.74. The van der Waals surface area contributed by atoms with Crippen molar-refractivity contribution in [3.8, 4) is 0 Å². The maximum atomic E-state index is 11.3. The molecule has 0 radical (unpaired) electrons. The molecule has 3 rings (SSSR count). The molecule has 2 fully saturated rings. The molecule has 1 aliphatic heterocycles. The number of aliphatic hydroxyl groups is 1. The lowest BCUT2D eigenvalue weighted by atomic mass is 10.1. The van der Waals surface area contributed by atoms with Gasteiger partial charge in [0.25, 0.3) is 0 Å². The normalized spacial score (nSPS) is 27.4. The van der Waals surface area contributed by atoms with E-state index in [1.54, 1.807) is 6.92 Å². The molecule has 1 aromatic heterocycles. The predicted molar refractivity (Wildman–Crippen MR) is 76.3 cm³/mol. The van der Waals surface area contributed by atoms with Gasteiger partial charge in [0, 0.05) is 17.5 Å². The van der Waals surface area contributed by atoms with E-state index in [9.17, 15) is 15.2 Å². The Morgan fingerprint density at radius 2 is 2.40 bits per heavy atom. The number of morpholine rings is 1. The van der Waals surface area contributed by atoms with Gasteiger partial charge in [0.2, 0.25) is 0 Å². The van der Waals surface area contributed by atoms with E-state index >= 15 is 0 Å². The maximum Gasteiger partial charge on any atom is 0.304 e. The standard InChI is InChI=1S/C13H18N2O4S/c1-8(16)12-7-10(15(17)18)13(20-12)14-5-6-19-11-4-2-3-9(11)14/h7-9,11,16H,2-6H2,1H3/t8-,9?,11?/m0/s1. The van der Waals surface area contributed by atoms with E-state index in [1.165, 1.54) is 17.4 Å². The van der Waals surface area contributed by atoms with Gasteiger partial charge in [-0.15, -0.1) is 11.3 Å². The fourth-order valence-corrected chi connectivity index (χ4v) is 4.26. The second kappa shape index (κ2) is 5.31. The molecule has 0 amide bonds. The van der Waals surface area contributed by atoms with Crippen LogP contribution in [0.25, 0.3) is 0 Å². The van der Waals surface area contributed by atoms with Crippen LogP contribution in [0.2, 0.25) is 0 Å². The van der Waals surface area contributed by atoms with Crippen LogP contribution in [0, 0.1) is 10.1 Å². The number of nitro groups is 1. The molecule has 1 saturated heterocycles. The highest BCUT2D eigenvalue weighted by molar-refractivity contribution is 7.16. The minimum Gasteiger partial charge on any atom is -0.388 e. The van der Waals surface area contributed by atoms with Gasteiger partial charge in [0.05, 0.1) is 29.8 Å². The van der Waals surface area contributed by atoms with Gasteiger partial charge in [-0.3, -0.25) is 10.1 Å². The summed E-state index contributed by atoms with van der Waals surface area (Å²) in [6.45, 7) is 2.93. The van der Waals surface area contributed by atoms with Gasteiger partial charge < -0.3 is 14.7 Å². The Kier molecular flexibility index (Phi) is 3.66. The second-order valence-electron chi connectivity index (χ2n) is 5.37. The Morgan fingerprint density at radius 1 is 1.60 bits per heavy atom. The quantitative estimate of drug-likeness (QED) is 0.685. The number of nitrogens with zero attached hydrogens (tertiary/aromatic N) is 2. The first-order valence-electron chi connectivity index (χ1n) is 6.92. The third kappa shape index (κ3) is 2.30. The Balaban J connectivity index is 1.97. The average Bonchev–Trinajstić information content (AvgIpc) is 3.04. The zero-order valence-corrected chi connectivity index (χ0v) is 12.1. The summed E-state index contributed by atoms with van der Waals surface area (Å²) in [5.41, 5.74) is 0.110. The molecule has 7 heteroatoms. The number of ether oxygens (including phenoxy) is 1. The molecule has 1 aromatic rings. The molecule has 0 bridgehead atoms. The van der Waals surface area contributed by atoms with Crippen LogP contribution < -0.4 is 4.90 Å². The maximum absolute atomic E-state index is 11.3. The Morgan fingerprint density at radius 3 is 3.10 bits per heavy atom. The molecule has 0 aromatic carbocycles. The van der Waals surface area contributed by atoms with Crippen molar-refractivity contribution < 1.29 is 14.8 Å². The molecule has 1 saturated carbocycles. The fourth-order valence-electron chi connectivity index (χ4n) is 3.11. The van der Waals surface area contributed by atoms with Crippen molar-refractivity contribution in [1.82, 2.24) is 0 Å². The molecule has 1 N–H and O–H groups in total. The van der Waals surface area contributed by atoms with Crippen molar-refractivity contribution in [3.63, 3.8) is 0 Å². The molecular weight excluding hydrogens is 280 g/mol. The third-order valence-corrected chi connectivity index (χ3v) is 5.40. The van der Waals surface area contributed by atoms with Crippen molar-refractivity contribution in [2.75, 3.05) is 18.1 Å². The van der Waals surface area contributed by atoms with Crippen LogP contribution in [0.5, 0.6) is 0 Å². The number of hydrogen-bond donors (Lipinski definition) is 1. The van der Waals surface area contributed by atoms with Crippen LogP contribution in [0.3, 0.4) is 0 Å². The molecule has 1 aliphatic carbocycles. The first-order valence-corrected chi connectivity index (χ1v) is 7.74. The van der Waals surface area contributed by atoms with Crippen molar-refractivity contribution in [3.05, 3.63) is 21.1 Å². The van der Waals surface area contributed by atoms with Gasteiger partial charge in [0.1, 0.15) is 0 Å². The van der Waals surface area contributed by atoms with Crippen LogP contribution >= 0.6 is 11.3 Å². The summed E-state index contributed by atoms with van der Waals surface area (Å²) in [5.74, 6) is 0. The van der Waals surface area contributed by atoms with Crippen molar-refractivity contribution in [1.29, 1.82) is 0 Å². The third-order valence-electron chi connectivity index (χ3n) is 4.06. The summed E-state index contributed by atoms with van der Waals surface area (Å²) in [7, 11) is 0. The lowest BCUT2D eigenvalue weighted by Gasteiger charge is -2.37. The van der Waals surface area contributed by atoms with Crippen molar-refractivity contribution >= 4 is 22.0 Å². The van der Waals surface area contributed by atoms with E-state index in [2.05, 4.69) is 4.90 Å². The lowest BCUT2D eigenvalue weighted by molar-refractivity contribution is -0.383. The molecule has 2 aliphatic rings. The van der Waals surface area contributed by atoms with Crippen molar-refractivity contribution in [2.24, 2.45) is 0 Å². The molecule has 6 nitrogen and oxygen atoms in total. The molecule has 110 valence electrons. The smallest absolute Gasteiger partial charge is 0.304 e. The second-order valence-corrected chi connectivity index (χ2v) is 6.44. The summed E-state index contributed by atoms with van der Waals surface area (Å²) in [5, 5.41) is 21.6. The van der Waals surface area contributed by atoms with Gasteiger partial charge in [0.15, 0.2) is 5.00 Å². The zero-order chi connectivity index (χ0) is 14.3. The molecule has 0 spiro atoms. The van der Waals surface area contributed by atoms with E-state index in [1.807, 2.05) is 0 Å². The van der Waals surface area contributed by atoms with E-state index in [4.69, 9.17) is 4.74 Å². The number of aliphatic hydroxyl groups excluding tert-OH is 1. The molecule has 2 heterocycles. The molecule has 3 atom stereocenters. The minimum atomic E-state index is -0.673. The highest BCUT2D eigenvalue weighted by Gasteiger charge is 2.39. The first-order chi connectivity index (χ1) is 9.58. The Labute approximate surface area is 121 Å². The van der Waals surface area contributed by atoms with Crippen LogP contribution in [0.4, 0.5) is 10.7 Å². The highest BCUT2D eigenvalue weighted by atomic mass is 32.1. The zero-order valence-electron chi connectivity index (χ0n) is 11.3. The SMILES string of the molecule is C[C@H](O)c1cc([N+](=O)[O-])c(N2CCOC3CCCC32)s1. The van der Waals surface area contributed by atoms with E-state index < -0.39 is 6.10 Å². The summed E-state index contributed by atoms with van der Waals surface area (Å²) in [6.07, 6.45) is 2.68. The van der Waals surface area contributed by atoms with Gasteiger partial charge in [-0.2, -0.15) is 0 Å². The fraction of sp³-hybridized carbons (Fsp3) is 0.692. The summed E-state index contributed by atoms with van der Waals surface area (Å²) < 4.78 is 5.75. The van der Waals surface area contributed by atoms with Crippen LogP contribution in [0.1, 0.15) is 37.2 Å². The summed E-state index contributed by atoms with van der Waals surface area (Å²) in [4.78, 5) is 13.7. The van der Waals surface area contributed by atoms with E-state index in [-0.39, 0.29) is 22.8 Å². The number of fused-ring (bicyclic) bond motifs is 1. The van der Waals surface area contributed by atoms with Crippen LogP contribution in [-0.2, 0) is 4.74 Å². The first kappa shape index (κ1) is 13.8. The van der Waals surface area contributed by atoms with Gasteiger partial charge in [-0.05, 0) is 26.2 Å². The largest absolute Gasteiger partial charge is 0.388 e. The number of rotatable bonds is 3. The topological polar surface area (TPSA) is 75.8 Å². The molecule has 2 unspecified atom stereocenters.